The Labute approximate surface area is 124 Å². The van der Waals surface area contributed by atoms with Crippen molar-refractivity contribution in [3.8, 4) is 0 Å². The summed E-state index contributed by atoms with van der Waals surface area (Å²) in [5, 5.41) is 0. The SMILES string of the molecule is CC/C=C\CCC1CC1CN(CCCC)C(=O)C1CC1. The van der Waals surface area contributed by atoms with Crippen LogP contribution >= 0.6 is 0 Å². The highest BCUT2D eigenvalue weighted by atomic mass is 16.2. The van der Waals surface area contributed by atoms with E-state index < -0.39 is 0 Å². The molecule has 2 heteroatoms. The Morgan fingerprint density at radius 1 is 1.20 bits per heavy atom. The topological polar surface area (TPSA) is 20.3 Å². The van der Waals surface area contributed by atoms with Crippen LogP contribution in [0, 0.1) is 17.8 Å². The third kappa shape index (κ3) is 4.96. The third-order valence-corrected chi connectivity index (χ3v) is 4.65. The van der Waals surface area contributed by atoms with Crippen molar-refractivity contribution >= 4 is 5.91 Å². The molecule has 20 heavy (non-hydrogen) atoms. The standard InChI is InChI=1S/C18H31NO/c1-3-5-7-8-9-16-13-17(16)14-19(12-6-4-2)18(20)15-10-11-15/h5,7,15-17H,3-4,6,8-14H2,1-2H3/b7-5-. The predicted molar refractivity (Wildman–Crippen MR) is 84.5 cm³/mol. The normalized spacial score (nSPS) is 25.1. The second kappa shape index (κ2) is 7.85. The van der Waals surface area contributed by atoms with Crippen LogP contribution in [0.3, 0.4) is 0 Å². The van der Waals surface area contributed by atoms with E-state index in [2.05, 4.69) is 30.9 Å². The molecule has 0 spiro atoms. The molecule has 2 aliphatic rings. The van der Waals surface area contributed by atoms with Gasteiger partial charge in [-0.1, -0.05) is 32.4 Å². The molecule has 2 saturated carbocycles. The summed E-state index contributed by atoms with van der Waals surface area (Å²) in [5.41, 5.74) is 0. The fraction of sp³-hybridized carbons (Fsp3) is 0.833. The third-order valence-electron chi connectivity index (χ3n) is 4.65. The van der Waals surface area contributed by atoms with Crippen LogP contribution in [0.2, 0.25) is 0 Å². The van der Waals surface area contributed by atoms with Crippen LogP contribution in [0.4, 0.5) is 0 Å². The Morgan fingerprint density at radius 3 is 2.65 bits per heavy atom. The summed E-state index contributed by atoms with van der Waals surface area (Å²) in [4.78, 5) is 14.5. The van der Waals surface area contributed by atoms with Crippen molar-refractivity contribution in [1.29, 1.82) is 0 Å². The molecule has 0 aromatic heterocycles. The van der Waals surface area contributed by atoms with E-state index in [4.69, 9.17) is 0 Å². The van der Waals surface area contributed by atoms with Gasteiger partial charge in [-0.05, 0) is 56.8 Å². The monoisotopic (exact) mass is 277 g/mol. The lowest BCUT2D eigenvalue weighted by Crippen LogP contribution is -2.35. The van der Waals surface area contributed by atoms with Crippen LogP contribution in [-0.2, 0) is 4.79 Å². The predicted octanol–water partition coefficient (Wildman–Crippen LogP) is 4.41. The molecule has 2 fully saturated rings. The summed E-state index contributed by atoms with van der Waals surface area (Å²) in [6, 6.07) is 0. The fourth-order valence-electron chi connectivity index (χ4n) is 2.99. The Balaban J connectivity index is 1.69. The molecule has 0 aliphatic heterocycles. The van der Waals surface area contributed by atoms with Gasteiger partial charge in [-0.2, -0.15) is 0 Å². The minimum atomic E-state index is 0.386. The largest absolute Gasteiger partial charge is 0.342 e. The maximum Gasteiger partial charge on any atom is 0.225 e. The molecule has 0 radical (unpaired) electrons. The van der Waals surface area contributed by atoms with E-state index in [0.717, 1.165) is 50.6 Å². The zero-order valence-electron chi connectivity index (χ0n) is 13.3. The molecule has 2 unspecified atom stereocenters. The molecule has 0 heterocycles. The van der Waals surface area contributed by atoms with E-state index in [1.54, 1.807) is 0 Å². The molecule has 0 aromatic carbocycles. The van der Waals surface area contributed by atoms with Crippen molar-refractivity contribution in [2.75, 3.05) is 13.1 Å². The number of hydrogen-bond donors (Lipinski definition) is 0. The molecule has 0 bridgehead atoms. The minimum absolute atomic E-state index is 0.386. The molecule has 2 rings (SSSR count). The summed E-state index contributed by atoms with van der Waals surface area (Å²) in [5.74, 6) is 2.52. The first-order chi connectivity index (χ1) is 9.76. The second-order valence-electron chi connectivity index (χ2n) is 6.62. The average molecular weight is 277 g/mol. The number of rotatable bonds is 10. The van der Waals surface area contributed by atoms with Gasteiger partial charge in [0.1, 0.15) is 0 Å². The number of carbonyl (C=O) groups is 1. The van der Waals surface area contributed by atoms with Gasteiger partial charge in [0.25, 0.3) is 0 Å². The molecule has 2 aliphatic carbocycles. The molecule has 0 N–H and O–H groups in total. The number of allylic oxidation sites excluding steroid dienone is 2. The van der Waals surface area contributed by atoms with Gasteiger partial charge in [0.2, 0.25) is 5.91 Å². The van der Waals surface area contributed by atoms with Crippen LogP contribution < -0.4 is 0 Å². The molecule has 1 amide bonds. The molecular weight excluding hydrogens is 246 g/mol. The molecule has 0 saturated heterocycles. The van der Waals surface area contributed by atoms with Crippen LogP contribution in [0.25, 0.3) is 0 Å². The summed E-state index contributed by atoms with van der Waals surface area (Å²) in [7, 11) is 0. The minimum Gasteiger partial charge on any atom is -0.342 e. The van der Waals surface area contributed by atoms with Crippen molar-refractivity contribution in [2.24, 2.45) is 17.8 Å². The van der Waals surface area contributed by atoms with E-state index in [1.165, 1.54) is 25.7 Å². The fourth-order valence-corrected chi connectivity index (χ4v) is 2.99. The maximum absolute atomic E-state index is 12.3. The smallest absolute Gasteiger partial charge is 0.225 e. The van der Waals surface area contributed by atoms with Gasteiger partial charge in [-0.25, -0.2) is 0 Å². The van der Waals surface area contributed by atoms with Crippen molar-refractivity contribution in [3.63, 3.8) is 0 Å². The summed E-state index contributed by atoms with van der Waals surface area (Å²) in [6.45, 7) is 6.42. The van der Waals surface area contributed by atoms with Crippen LogP contribution in [0.15, 0.2) is 12.2 Å². The first-order valence-corrected chi connectivity index (χ1v) is 8.70. The van der Waals surface area contributed by atoms with Gasteiger partial charge in [-0.3, -0.25) is 4.79 Å². The molecule has 0 aromatic rings. The average Bonchev–Trinajstić information content (AvgIpc) is 3.34. The molecule has 114 valence electrons. The van der Waals surface area contributed by atoms with Crippen molar-refractivity contribution < 1.29 is 4.79 Å². The quantitative estimate of drug-likeness (QED) is 0.542. The first kappa shape index (κ1) is 15.6. The van der Waals surface area contributed by atoms with E-state index in [-0.39, 0.29) is 0 Å². The summed E-state index contributed by atoms with van der Waals surface area (Å²) < 4.78 is 0. The molecular formula is C18H31NO. The van der Waals surface area contributed by atoms with Gasteiger partial charge in [0, 0.05) is 19.0 Å². The van der Waals surface area contributed by atoms with Crippen LogP contribution in [0.5, 0.6) is 0 Å². The van der Waals surface area contributed by atoms with E-state index in [0.29, 0.717) is 11.8 Å². The van der Waals surface area contributed by atoms with Crippen molar-refractivity contribution in [2.45, 2.75) is 65.2 Å². The molecule has 2 nitrogen and oxygen atoms in total. The Hall–Kier alpha value is -0.790. The van der Waals surface area contributed by atoms with Crippen LogP contribution in [0.1, 0.15) is 65.2 Å². The number of amides is 1. The first-order valence-electron chi connectivity index (χ1n) is 8.70. The maximum atomic E-state index is 12.3. The van der Waals surface area contributed by atoms with Gasteiger partial charge in [0.15, 0.2) is 0 Å². The van der Waals surface area contributed by atoms with Crippen molar-refractivity contribution in [3.05, 3.63) is 12.2 Å². The Morgan fingerprint density at radius 2 is 2.00 bits per heavy atom. The highest BCUT2D eigenvalue weighted by molar-refractivity contribution is 5.81. The van der Waals surface area contributed by atoms with Gasteiger partial charge in [0.05, 0.1) is 0 Å². The van der Waals surface area contributed by atoms with Gasteiger partial charge in [-0.15, -0.1) is 0 Å². The van der Waals surface area contributed by atoms with E-state index in [9.17, 15) is 4.79 Å². The second-order valence-corrected chi connectivity index (χ2v) is 6.62. The lowest BCUT2D eigenvalue weighted by Gasteiger charge is -2.22. The van der Waals surface area contributed by atoms with E-state index >= 15 is 0 Å². The van der Waals surface area contributed by atoms with Crippen LogP contribution in [-0.4, -0.2) is 23.9 Å². The highest BCUT2D eigenvalue weighted by Crippen LogP contribution is 2.43. The number of carbonyl (C=O) groups excluding carboxylic acids is 1. The Kier molecular flexibility index (Phi) is 6.12. The number of hydrogen-bond acceptors (Lipinski definition) is 1. The summed E-state index contributed by atoms with van der Waals surface area (Å²) in [6.07, 6.45) is 14.2. The van der Waals surface area contributed by atoms with Gasteiger partial charge >= 0.3 is 0 Å². The number of nitrogens with zero attached hydrogens (tertiary/aromatic N) is 1. The zero-order valence-corrected chi connectivity index (χ0v) is 13.3. The number of unbranched alkanes of at least 4 members (excludes halogenated alkanes) is 1. The van der Waals surface area contributed by atoms with E-state index in [1.807, 2.05) is 0 Å². The molecule has 2 atom stereocenters. The Bertz CT molecular complexity index is 332. The zero-order chi connectivity index (χ0) is 14.4. The lowest BCUT2D eigenvalue weighted by molar-refractivity contribution is -0.132. The van der Waals surface area contributed by atoms with Gasteiger partial charge < -0.3 is 4.90 Å². The highest BCUT2D eigenvalue weighted by Gasteiger charge is 2.40. The lowest BCUT2D eigenvalue weighted by atomic mass is 10.1. The van der Waals surface area contributed by atoms with Crippen molar-refractivity contribution in [1.82, 2.24) is 4.90 Å². The summed E-state index contributed by atoms with van der Waals surface area (Å²) >= 11 is 0.